The Bertz CT molecular complexity index is 669. The number of benzene rings is 1. The van der Waals surface area contributed by atoms with Crippen molar-refractivity contribution in [2.24, 2.45) is 5.41 Å². The van der Waals surface area contributed by atoms with E-state index in [9.17, 15) is 14.4 Å². The van der Waals surface area contributed by atoms with Crippen molar-refractivity contribution in [2.75, 3.05) is 20.1 Å². The van der Waals surface area contributed by atoms with Crippen LogP contribution in [-0.4, -0.2) is 53.6 Å². The molecule has 0 radical (unpaired) electrons. The average Bonchev–Trinajstić information content (AvgIpc) is 3.16. The van der Waals surface area contributed by atoms with Gasteiger partial charge in [0.05, 0.1) is 0 Å². The van der Waals surface area contributed by atoms with Crippen molar-refractivity contribution in [1.29, 1.82) is 0 Å². The molecule has 1 atom stereocenters. The van der Waals surface area contributed by atoms with E-state index in [4.69, 9.17) is 0 Å². The lowest BCUT2D eigenvalue weighted by Crippen LogP contribution is -2.50. The fourth-order valence-corrected chi connectivity index (χ4v) is 3.38. The highest BCUT2D eigenvalue weighted by Crippen LogP contribution is 2.26. The van der Waals surface area contributed by atoms with E-state index in [1.807, 2.05) is 25.1 Å². The van der Waals surface area contributed by atoms with E-state index in [2.05, 4.69) is 12.1 Å². The maximum atomic E-state index is 12.9. The first kappa shape index (κ1) is 21.1. The zero-order chi connectivity index (χ0) is 20.0. The third-order valence-corrected chi connectivity index (χ3v) is 5.67. The second kappa shape index (κ2) is 9.16. The van der Waals surface area contributed by atoms with Crippen molar-refractivity contribution in [2.45, 2.75) is 58.9 Å². The number of Topliss-reactive ketones (excluding diaryl/α,β-unsaturated/α-hetero) is 1. The molecule has 1 aromatic carbocycles. The average molecular weight is 373 g/mol. The first-order valence-corrected chi connectivity index (χ1v) is 9.92. The van der Waals surface area contributed by atoms with Crippen molar-refractivity contribution in [3.8, 4) is 0 Å². The molecule has 1 saturated heterocycles. The molecule has 0 unspecified atom stereocenters. The van der Waals surface area contributed by atoms with Crippen molar-refractivity contribution in [3.05, 3.63) is 35.9 Å². The van der Waals surface area contributed by atoms with E-state index in [-0.39, 0.29) is 5.91 Å². The lowest BCUT2D eigenvalue weighted by atomic mass is 9.84. The molecule has 1 aliphatic heterocycles. The molecule has 0 spiro atoms. The molecule has 5 heteroatoms. The van der Waals surface area contributed by atoms with E-state index in [1.165, 1.54) is 10.5 Å². The fourth-order valence-electron chi connectivity index (χ4n) is 3.38. The Balaban J connectivity index is 1.93. The van der Waals surface area contributed by atoms with E-state index < -0.39 is 23.1 Å². The van der Waals surface area contributed by atoms with E-state index in [1.54, 1.807) is 25.8 Å². The van der Waals surface area contributed by atoms with Gasteiger partial charge in [0.25, 0.3) is 5.91 Å². The zero-order valence-electron chi connectivity index (χ0n) is 17.0. The largest absolute Gasteiger partial charge is 0.344 e. The summed E-state index contributed by atoms with van der Waals surface area (Å²) in [6.07, 6.45) is 3.78. The van der Waals surface area contributed by atoms with Crippen LogP contribution in [0.15, 0.2) is 30.3 Å². The van der Waals surface area contributed by atoms with Crippen LogP contribution in [0.1, 0.15) is 52.0 Å². The van der Waals surface area contributed by atoms with Gasteiger partial charge in [-0.2, -0.15) is 0 Å². The smallest absolute Gasteiger partial charge is 0.291 e. The van der Waals surface area contributed by atoms with Gasteiger partial charge in [-0.05, 0) is 37.7 Å². The number of rotatable bonds is 8. The maximum absolute atomic E-state index is 12.9. The second-order valence-electron chi connectivity index (χ2n) is 8.07. The Morgan fingerprint density at radius 3 is 2.48 bits per heavy atom. The quantitative estimate of drug-likeness (QED) is 0.659. The first-order valence-electron chi connectivity index (χ1n) is 9.92. The molecule has 0 bridgehead atoms. The number of hydrogen-bond donors (Lipinski definition) is 0. The second-order valence-corrected chi connectivity index (χ2v) is 8.07. The van der Waals surface area contributed by atoms with Gasteiger partial charge in [-0.15, -0.1) is 0 Å². The summed E-state index contributed by atoms with van der Waals surface area (Å²) in [7, 11) is 1.78. The Kier molecular flexibility index (Phi) is 7.17. The Morgan fingerprint density at radius 2 is 1.85 bits per heavy atom. The van der Waals surface area contributed by atoms with Crippen LogP contribution in [0.25, 0.3) is 0 Å². The molecule has 0 aromatic heterocycles. The third-order valence-electron chi connectivity index (χ3n) is 5.67. The predicted molar refractivity (Wildman–Crippen MR) is 106 cm³/mol. The molecule has 148 valence electrons. The molecule has 0 saturated carbocycles. The van der Waals surface area contributed by atoms with Crippen LogP contribution in [-0.2, 0) is 20.8 Å². The monoisotopic (exact) mass is 372 g/mol. The highest BCUT2D eigenvalue weighted by molar-refractivity contribution is 6.38. The van der Waals surface area contributed by atoms with Crippen LogP contribution in [0, 0.1) is 5.41 Å². The SMILES string of the molecule is CCC(C)(C)C(=O)C(=O)N1CCC[C@H]1C(=O)N(C)CCCc1ccccc1. The van der Waals surface area contributed by atoms with Gasteiger partial charge in [0, 0.05) is 25.6 Å². The van der Waals surface area contributed by atoms with Crippen molar-refractivity contribution < 1.29 is 14.4 Å². The van der Waals surface area contributed by atoms with Gasteiger partial charge in [-0.3, -0.25) is 14.4 Å². The van der Waals surface area contributed by atoms with Crippen molar-refractivity contribution >= 4 is 17.6 Å². The van der Waals surface area contributed by atoms with Crippen LogP contribution in [0.2, 0.25) is 0 Å². The summed E-state index contributed by atoms with van der Waals surface area (Å²) < 4.78 is 0. The number of carbonyl (C=O) groups excluding carboxylic acids is 3. The summed E-state index contributed by atoms with van der Waals surface area (Å²) in [6, 6.07) is 9.69. The molecule has 1 aromatic rings. The number of likely N-dealkylation sites (N-methyl/N-ethyl adjacent to an activating group) is 1. The number of nitrogens with zero attached hydrogens (tertiary/aromatic N) is 2. The van der Waals surface area contributed by atoms with Crippen LogP contribution < -0.4 is 0 Å². The predicted octanol–water partition coefficient (Wildman–Crippen LogP) is 3.07. The number of amides is 2. The minimum Gasteiger partial charge on any atom is -0.344 e. The number of hydrogen-bond acceptors (Lipinski definition) is 3. The van der Waals surface area contributed by atoms with Crippen LogP contribution in [0.4, 0.5) is 0 Å². The summed E-state index contributed by atoms with van der Waals surface area (Å²) in [5.74, 6) is -0.956. The standard InChI is InChI=1S/C22H32N2O3/c1-5-22(2,3)19(25)21(27)24-16-10-14-18(24)20(26)23(4)15-9-13-17-11-7-6-8-12-17/h6-8,11-12,18H,5,9-10,13-16H2,1-4H3/t18-/m0/s1. The number of aryl methyl sites for hydroxylation is 1. The Labute approximate surface area is 162 Å². The fraction of sp³-hybridized carbons (Fsp3) is 0.591. The van der Waals surface area contributed by atoms with Crippen LogP contribution >= 0.6 is 0 Å². The summed E-state index contributed by atoms with van der Waals surface area (Å²) in [4.78, 5) is 41.3. The molecule has 0 N–H and O–H groups in total. The summed E-state index contributed by atoms with van der Waals surface area (Å²) >= 11 is 0. The molecule has 1 heterocycles. The van der Waals surface area contributed by atoms with Gasteiger partial charge in [-0.1, -0.05) is 51.1 Å². The Morgan fingerprint density at radius 1 is 1.19 bits per heavy atom. The molecule has 27 heavy (non-hydrogen) atoms. The molecular formula is C22H32N2O3. The summed E-state index contributed by atoms with van der Waals surface area (Å²) in [6.45, 7) is 6.60. The minimum absolute atomic E-state index is 0.0592. The first-order chi connectivity index (χ1) is 12.8. The Hall–Kier alpha value is -2.17. The molecular weight excluding hydrogens is 340 g/mol. The zero-order valence-corrected chi connectivity index (χ0v) is 17.0. The highest BCUT2D eigenvalue weighted by Gasteiger charge is 2.41. The van der Waals surface area contributed by atoms with Gasteiger partial charge >= 0.3 is 0 Å². The van der Waals surface area contributed by atoms with Crippen molar-refractivity contribution in [3.63, 3.8) is 0 Å². The van der Waals surface area contributed by atoms with E-state index >= 15 is 0 Å². The van der Waals surface area contributed by atoms with E-state index in [0.29, 0.717) is 25.9 Å². The third kappa shape index (κ3) is 5.18. The highest BCUT2D eigenvalue weighted by atomic mass is 16.2. The molecule has 1 fully saturated rings. The minimum atomic E-state index is -0.686. The number of likely N-dealkylation sites (tertiary alicyclic amines) is 1. The van der Waals surface area contributed by atoms with Gasteiger partial charge in [-0.25, -0.2) is 0 Å². The van der Waals surface area contributed by atoms with E-state index in [0.717, 1.165) is 19.3 Å². The van der Waals surface area contributed by atoms with Crippen LogP contribution in [0.5, 0.6) is 0 Å². The topological polar surface area (TPSA) is 57.7 Å². The van der Waals surface area contributed by atoms with Gasteiger partial charge < -0.3 is 9.80 Å². The molecule has 2 rings (SSSR count). The number of carbonyl (C=O) groups is 3. The van der Waals surface area contributed by atoms with Gasteiger partial charge in [0.1, 0.15) is 6.04 Å². The van der Waals surface area contributed by atoms with Gasteiger partial charge in [0.2, 0.25) is 11.7 Å². The summed E-state index contributed by atoms with van der Waals surface area (Å²) in [5, 5.41) is 0. The molecule has 0 aliphatic carbocycles. The number of ketones is 1. The molecule has 1 aliphatic rings. The van der Waals surface area contributed by atoms with Gasteiger partial charge in [0.15, 0.2) is 0 Å². The maximum Gasteiger partial charge on any atom is 0.291 e. The molecule has 2 amide bonds. The lowest BCUT2D eigenvalue weighted by Gasteiger charge is -2.30. The normalized spacial score (nSPS) is 17.0. The van der Waals surface area contributed by atoms with Crippen molar-refractivity contribution in [1.82, 2.24) is 9.80 Å². The van der Waals surface area contributed by atoms with Crippen LogP contribution in [0.3, 0.4) is 0 Å². The summed E-state index contributed by atoms with van der Waals surface area (Å²) in [5.41, 5.74) is 0.568. The molecule has 5 nitrogen and oxygen atoms in total. The lowest BCUT2D eigenvalue weighted by molar-refractivity contribution is -0.152.